The highest BCUT2D eigenvalue weighted by Crippen LogP contribution is 2.30. The van der Waals surface area contributed by atoms with Crippen LogP contribution in [0.1, 0.15) is 26.2 Å². The maximum atomic E-state index is 11.9. The summed E-state index contributed by atoms with van der Waals surface area (Å²) in [5.41, 5.74) is 7.01. The van der Waals surface area contributed by atoms with E-state index >= 15 is 0 Å². The molecular formula is C15H21N3O2. The van der Waals surface area contributed by atoms with E-state index in [1.807, 2.05) is 6.92 Å². The van der Waals surface area contributed by atoms with Crippen LogP contribution in [0.4, 0.5) is 11.4 Å². The fourth-order valence-corrected chi connectivity index (χ4v) is 1.93. The quantitative estimate of drug-likeness (QED) is 0.742. The summed E-state index contributed by atoms with van der Waals surface area (Å²) in [6, 6.07) is 7.14. The summed E-state index contributed by atoms with van der Waals surface area (Å²) in [5.74, 6) is 0.0363. The third-order valence-electron chi connectivity index (χ3n) is 3.52. The van der Waals surface area contributed by atoms with Crippen LogP contribution in [0.25, 0.3) is 0 Å². The van der Waals surface area contributed by atoms with Gasteiger partial charge in [0.25, 0.3) is 0 Å². The van der Waals surface area contributed by atoms with E-state index < -0.39 is 0 Å². The number of hydrogen-bond donors (Lipinski definition) is 3. The molecule has 108 valence electrons. The van der Waals surface area contributed by atoms with E-state index in [1.165, 1.54) is 0 Å². The average Bonchev–Trinajstić information content (AvgIpc) is 3.27. The zero-order valence-electron chi connectivity index (χ0n) is 11.7. The largest absolute Gasteiger partial charge is 0.330 e. The van der Waals surface area contributed by atoms with Gasteiger partial charge in [0, 0.05) is 23.8 Å². The minimum Gasteiger partial charge on any atom is -0.330 e. The highest BCUT2D eigenvalue weighted by molar-refractivity contribution is 5.95. The number of nitrogens with two attached hydrogens (primary N) is 1. The van der Waals surface area contributed by atoms with Gasteiger partial charge in [-0.15, -0.1) is 0 Å². The molecule has 0 heterocycles. The first-order valence-corrected chi connectivity index (χ1v) is 7.06. The molecule has 5 heteroatoms. The fraction of sp³-hybridized carbons (Fsp3) is 0.467. The van der Waals surface area contributed by atoms with Gasteiger partial charge >= 0.3 is 0 Å². The summed E-state index contributed by atoms with van der Waals surface area (Å²) in [6.45, 7) is 2.28. The summed E-state index contributed by atoms with van der Waals surface area (Å²) < 4.78 is 0. The summed E-state index contributed by atoms with van der Waals surface area (Å²) in [6.07, 6.45) is 2.69. The van der Waals surface area contributed by atoms with E-state index in [2.05, 4.69) is 10.6 Å². The third-order valence-corrected chi connectivity index (χ3v) is 3.52. The van der Waals surface area contributed by atoms with Gasteiger partial charge in [0.1, 0.15) is 0 Å². The van der Waals surface area contributed by atoms with Crippen molar-refractivity contribution >= 4 is 23.2 Å². The van der Waals surface area contributed by atoms with Gasteiger partial charge in [0.15, 0.2) is 0 Å². The van der Waals surface area contributed by atoms with Gasteiger partial charge in [-0.25, -0.2) is 0 Å². The monoisotopic (exact) mass is 275 g/mol. The Balaban J connectivity index is 1.90. The van der Waals surface area contributed by atoms with Crippen molar-refractivity contribution in [2.24, 2.45) is 17.6 Å². The van der Waals surface area contributed by atoms with Crippen molar-refractivity contribution in [1.29, 1.82) is 0 Å². The summed E-state index contributed by atoms with van der Waals surface area (Å²) in [7, 11) is 0. The molecule has 4 N–H and O–H groups in total. The Morgan fingerprint density at radius 3 is 2.20 bits per heavy atom. The molecule has 1 aliphatic carbocycles. The lowest BCUT2D eigenvalue weighted by Crippen LogP contribution is -2.28. The van der Waals surface area contributed by atoms with E-state index in [9.17, 15) is 9.59 Å². The standard InChI is InChI=1S/C15H21N3O2/c1-2-10(9-16)14(19)17-12-5-7-13(8-6-12)18-15(20)11-3-4-11/h5-8,10-11H,2-4,9,16H2,1H3,(H,17,19)(H,18,20). The average molecular weight is 275 g/mol. The summed E-state index contributed by atoms with van der Waals surface area (Å²) >= 11 is 0. The fourth-order valence-electron chi connectivity index (χ4n) is 1.93. The number of anilines is 2. The van der Waals surface area contributed by atoms with Gasteiger partial charge in [-0.3, -0.25) is 9.59 Å². The Bertz CT molecular complexity index is 476. The van der Waals surface area contributed by atoms with Crippen molar-refractivity contribution in [3.05, 3.63) is 24.3 Å². The van der Waals surface area contributed by atoms with Gasteiger partial charge < -0.3 is 16.4 Å². The molecule has 1 unspecified atom stereocenters. The van der Waals surface area contributed by atoms with Crippen molar-refractivity contribution in [3.8, 4) is 0 Å². The van der Waals surface area contributed by atoms with Crippen molar-refractivity contribution in [2.45, 2.75) is 26.2 Å². The van der Waals surface area contributed by atoms with E-state index in [1.54, 1.807) is 24.3 Å². The molecule has 2 amide bonds. The van der Waals surface area contributed by atoms with Gasteiger partial charge in [0.2, 0.25) is 11.8 Å². The second kappa shape index (κ2) is 6.52. The van der Waals surface area contributed by atoms with Gasteiger partial charge in [-0.2, -0.15) is 0 Å². The van der Waals surface area contributed by atoms with Crippen LogP contribution in [0.3, 0.4) is 0 Å². The number of carbonyl (C=O) groups is 2. The smallest absolute Gasteiger partial charge is 0.228 e. The number of carbonyl (C=O) groups excluding carboxylic acids is 2. The molecule has 0 radical (unpaired) electrons. The molecule has 1 aromatic rings. The van der Waals surface area contributed by atoms with E-state index in [4.69, 9.17) is 5.73 Å². The molecule has 0 bridgehead atoms. The molecule has 5 nitrogen and oxygen atoms in total. The van der Waals surface area contributed by atoms with Gasteiger partial charge in [-0.05, 0) is 43.5 Å². The minimum atomic E-state index is -0.163. The molecule has 1 atom stereocenters. The zero-order valence-corrected chi connectivity index (χ0v) is 11.7. The van der Waals surface area contributed by atoms with Crippen LogP contribution in [0.2, 0.25) is 0 Å². The molecule has 0 aliphatic heterocycles. The summed E-state index contributed by atoms with van der Waals surface area (Å²) in [5, 5.41) is 5.69. The Kier molecular flexibility index (Phi) is 4.74. The second-order valence-corrected chi connectivity index (χ2v) is 5.17. The number of nitrogens with one attached hydrogen (secondary N) is 2. The molecule has 20 heavy (non-hydrogen) atoms. The Hall–Kier alpha value is -1.88. The van der Waals surface area contributed by atoms with Crippen LogP contribution >= 0.6 is 0 Å². The Morgan fingerprint density at radius 1 is 1.20 bits per heavy atom. The molecule has 1 aliphatic rings. The molecule has 1 fully saturated rings. The first-order chi connectivity index (χ1) is 9.63. The van der Waals surface area contributed by atoms with E-state index in [-0.39, 0.29) is 23.7 Å². The normalized spacial score (nSPS) is 15.5. The van der Waals surface area contributed by atoms with Gasteiger partial charge in [0.05, 0.1) is 5.92 Å². The van der Waals surface area contributed by atoms with Crippen molar-refractivity contribution in [1.82, 2.24) is 0 Å². The SMILES string of the molecule is CCC(CN)C(=O)Nc1ccc(NC(=O)C2CC2)cc1. The minimum absolute atomic E-state index is 0.0650. The third kappa shape index (κ3) is 3.81. The van der Waals surface area contributed by atoms with Crippen LogP contribution < -0.4 is 16.4 Å². The van der Waals surface area contributed by atoms with Crippen LogP contribution in [-0.4, -0.2) is 18.4 Å². The van der Waals surface area contributed by atoms with Crippen molar-refractivity contribution in [2.75, 3.05) is 17.2 Å². The van der Waals surface area contributed by atoms with Crippen molar-refractivity contribution in [3.63, 3.8) is 0 Å². The van der Waals surface area contributed by atoms with E-state index in [0.29, 0.717) is 12.2 Å². The lowest BCUT2D eigenvalue weighted by atomic mass is 10.1. The van der Waals surface area contributed by atoms with Crippen LogP contribution in [0.15, 0.2) is 24.3 Å². The maximum absolute atomic E-state index is 11.9. The highest BCUT2D eigenvalue weighted by atomic mass is 16.2. The van der Waals surface area contributed by atoms with Crippen molar-refractivity contribution < 1.29 is 9.59 Å². The number of benzene rings is 1. The first kappa shape index (κ1) is 14.5. The molecule has 1 saturated carbocycles. The molecule has 0 spiro atoms. The lowest BCUT2D eigenvalue weighted by Gasteiger charge is -2.13. The Labute approximate surface area is 118 Å². The predicted octanol–water partition coefficient (Wildman–Crippen LogP) is 1.96. The lowest BCUT2D eigenvalue weighted by molar-refractivity contribution is -0.119. The molecule has 0 saturated heterocycles. The molecular weight excluding hydrogens is 254 g/mol. The van der Waals surface area contributed by atoms with Crippen LogP contribution in [0.5, 0.6) is 0 Å². The molecule has 0 aromatic heterocycles. The highest BCUT2D eigenvalue weighted by Gasteiger charge is 2.29. The van der Waals surface area contributed by atoms with Gasteiger partial charge in [-0.1, -0.05) is 6.92 Å². The zero-order chi connectivity index (χ0) is 14.5. The maximum Gasteiger partial charge on any atom is 0.228 e. The number of amides is 2. The summed E-state index contributed by atoms with van der Waals surface area (Å²) in [4.78, 5) is 23.5. The number of rotatable bonds is 6. The van der Waals surface area contributed by atoms with E-state index in [0.717, 1.165) is 24.9 Å². The first-order valence-electron chi connectivity index (χ1n) is 7.06. The predicted molar refractivity (Wildman–Crippen MR) is 79.3 cm³/mol. The Morgan fingerprint density at radius 2 is 1.75 bits per heavy atom. The number of hydrogen-bond acceptors (Lipinski definition) is 3. The topological polar surface area (TPSA) is 84.2 Å². The molecule has 2 rings (SSSR count). The molecule has 1 aromatic carbocycles. The van der Waals surface area contributed by atoms with Crippen LogP contribution in [-0.2, 0) is 9.59 Å². The second-order valence-electron chi connectivity index (χ2n) is 5.17. The van der Waals surface area contributed by atoms with Crippen LogP contribution in [0, 0.1) is 11.8 Å².